The molecule has 160 valence electrons. The SMILES string of the molecule is OCC1O[C@@H](O[C@H]2C(CO)O[C@@H](O)C(O)[C@H]2O)C(O)[C@@H](O)[C@H]1O.[Ac].[Ac].[Ac].[Ac].[Ac].[Ac].[Ac].[Ac]. The minimum Gasteiger partial charge on any atom is -0.394 e. The summed E-state index contributed by atoms with van der Waals surface area (Å²) < 4.78 is 15.3. The predicted molar refractivity (Wildman–Crippen MR) is 68.6 cm³/mol. The molecule has 19 heteroatoms. The quantitative estimate of drug-likeness (QED) is 0.134. The smallest absolute Gasteiger partial charge is 0.187 e. The molecule has 4 unspecified atom stereocenters. The normalized spacial score (nSPS) is 38.3. The van der Waals surface area contributed by atoms with E-state index in [4.69, 9.17) is 19.3 Å². The van der Waals surface area contributed by atoms with Crippen LogP contribution in [0.4, 0.5) is 0 Å². The Labute approximate surface area is 467 Å². The molecule has 2 aliphatic heterocycles. The summed E-state index contributed by atoms with van der Waals surface area (Å²) in [6, 6.07) is 0. The van der Waals surface area contributed by atoms with Gasteiger partial charge in [0.2, 0.25) is 0 Å². The first-order valence-corrected chi connectivity index (χ1v) is 7.08. The minimum atomic E-state index is -1.74. The molecule has 11 nitrogen and oxygen atoms in total. The van der Waals surface area contributed by atoms with Crippen LogP contribution >= 0.6 is 0 Å². The van der Waals surface area contributed by atoms with Crippen LogP contribution in [0.2, 0.25) is 0 Å². The Hall–Kier alpha value is 11.1. The Balaban J connectivity index is -0.000000144. The number of aliphatic hydroxyl groups excluding tert-OH is 8. The maximum absolute atomic E-state index is 9.94. The van der Waals surface area contributed by atoms with Crippen LogP contribution in [0.15, 0.2) is 0 Å². The third-order valence-corrected chi connectivity index (χ3v) is 3.98. The Morgan fingerprint density at radius 2 is 0.968 bits per heavy atom. The van der Waals surface area contributed by atoms with E-state index in [1.54, 1.807) is 0 Å². The maximum Gasteiger partial charge on any atom is 0.187 e. The van der Waals surface area contributed by atoms with Gasteiger partial charge in [-0.3, -0.25) is 0 Å². The fourth-order valence-corrected chi connectivity index (χ4v) is 2.57. The van der Waals surface area contributed by atoms with Gasteiger partial charge in [-0.2, -0.15) is 0 Å². The van der Waals surface area contributed by atoms with Crippen molar-refractivity contribution < 1.29 is 408 Å². The van der Waals surface area contributed by atoms with Crippen molar-refractivity contribution in [2.75, 3.05) is 13.2 Å². The maximum atomic E-state index is 9.94. The summed E-state index contributed by atoms with van der Waals surface area (Å²) >= 11 is 0. The zero-order valence-electron chi connectivity index (χ0n) is 16.6. The standard InChI is InChI=1S/C12H22O11.8Ac/c13-1-3-5(15)6(16)9(19)12(22-3)23-10-4(2-14)21-11(20)8(18)7(10)17;;;;;;;;/h3-20H,1-2H2;;;;;;;;/t3?,4?,5-,6-,7+,8?,9?,10-,11+,12-;;;;;;;;/m0......../s1. The first-order chi connectivity index (χ1) is 10.8. The van der Waals surface area contributed by atoms with Gasteiger partial charge >= 0.3 is 0 Å². The van der Waals surface area contributed by atoms with Crippen molar-refractivity contribution in [1.29, 1.82) is 0 Å². The number of hydrogen-bond acceptors (Lipinski definition) is 11. The van der Waals surface area contributed by atoms with Gasteiger partial charge in [0.1, 0.15) is 48.8 Å². The van der Waals surface area contributed by atoms with Gasteiger partial charge in [-0.25, -0.2) is 0 Å². The van der Waals surface area contributed by atoms with Crippen molar-refractivity contribution in [2.45, 2.75) is 61.4 Å². The number of rotatable bonds is 4. The molecule has 0 spiro atoms. The van der Waals surface area contributed by atoms with Crippen molar-refractivity contribution >= 4 is 0 Å². The third kappa shape index (κ3) is 18.0. The molecule has 0 bridgehead atoms. The van der Waals surface area contributed by atoms with Crippen molar-refractivity contribution in [3.63, 3.8) is 0 Å². The van der Waals surface area contributed by atoms with Crippen LogP contribution in [-0.4, -0.2) is 115 Å². The largest absolute Gasteiger partial charge is 0.394 e. The molecule has 2 heterocycles. The number of hydrogen-bond donors (Lipinski definition) is 8. The van der Waals surface area contributed by atoms with Crippen molar-refractivity contribution in [2.24, 2.45) is 0 Å². The van der Waals surface area contributed by atoms with Crippen LogP contribution in [-0.2, 0) is 14.2 Å². The van der Waals surface area contributed by atoms with E-state index < -0.39 is 74.6 Å². The third-order valence-electron chi connectivity index (χ3n) is 3.98. The van der Waals surface area contributed by atoms with Gasteiger partial charge in [-0.1, -0.05) is 0 Å². The van der Waals surface area contributed by atoms with Crippen LogP contribution < -0.4 is 0 Å². The second kappa shape index (κ2) is 31.1. The topological polar surface area (TPSA) is 190 Å². The van der Waals surface area contributed by atoms with Crippen LogP contribution in [0.25, 0.3) is 0 Å². The van der Waals surface area contributed by atoms with E-state index >= 15 is 0 Å². The first kappa shape index (κ1) is 57.7. The Kier molecular flexibility index (Phi) is 57.9. The summed E-state index contributed by atoms with van der Waals surface area (Å²) in [6.07, 6.45) is -15.6. The van der Waals surface area contributed by atoms with Gasteiger partial charge in [-0.05, 0) is 0 Å². The summed E-state index contributed by atoms with van der Waals surface area (Å²) in [5.74, 6) is 0. The molecule has 31 heavy (non-hydrogen) atoms. The van der Waals surface area contributed by atoms with E-state index in [9.17, 15) is 35.7 Å². The molecule has 2 saturated heterocycles. The molecule has 10 atom stereocenters. The van der Waals surface area contributed by atoms with Crippen molar-refractivity contribution in [3.8, 4) is 0 Å². The molecular formula is C12H22Ac8O11. The molecule has 2 fully saturated rings. The Morgan fingerprint density at radius 3 is 1.39 bits per heavy atom. The summed E-state index contributed by atoms with van der Waals surface area (Å²) in [5, 5.41) is 76.5. The van der Waals surface area contributed by atoms with E-state index in [2.05, 4.69) is 0 Å². The molecule has 2 aliphatic rings. The summed E-state index contributed by atoms with van der Waals surface area (Å²) in [6.45, 7) is -1.35. The fraction of sp³-hybridized carbons (Fsp3) is 1.00. The van der Waals surface area contributed by atoms with Crippen LogP contribution in [0, 0.1) is 352 Å². The zero-order chi connectivity index (χ0) is 17.3. The molecule has 0 aromatic carbocycles. The van der Waals surface area contributed by atoms with Gasteiger partial charge in [-0.15, -0.1) is 0 Å². The molecule has 8 N–H and O–H groups in total. The average Bonchev–Trinajstić information content (AvgIpc) is 2.55. The van der Waals surface area contributed by atoms with E-state index in [1.165, 1.54) is 0 Å². The van der Waals surface area contributed by atoms with Gasteiger partial charge < -0.3 is 55.1 Å². The van der Waals surface area contributed by atoms with E-state index in [0.717, 1.165) is 0 Å². The number of ether oxygens (including phenoxy) is 3. The monoisotopic (exact) mass is 2160 g/mol. The molecule has 0 saturated carbocycles. The van der Waals surface area contributed by atoms with Crippen molar-refractivity contribution in [1.82, 2.24) is 0 Å². The molecular weight excluding hydrogens is 2140 g/mol. The Morgan fingerprint density at radius 1 is 0.516 bits per heavy atom. The van der Waals surface area contributed by atoms with Crippen LogP contribution in [0.5, 0.6) is 0 Å². The molecule has 2 rings (SSSR count). The molecule has 0 aromatic heterocycles. The zero-order valence-corrected chi connectivity index (χ0v) is 54.6. The predicted octanol–water partition coefficient (Wildman–Crippen LogP) is -5.40. The van der Waals surface area contributed by atoms with E-state index in [-0.39, 0.29) is 352 Å². The Bertz CT molecular complexity index is 404. The fourth-order valence-electron chi connectivity index (χ4n) is 2.57. The van der Waals surface area contributed by atoms with Gasteiger partial charge in [0.15, 0.2) is 12.6 Å². The van der Waals surface area contributed by atoms with Crippen molar-refractivity contribution in [3.05, 3.63) is 0 Å². The van der Waals surface area contributed by atoms with Gasteiger partial charge in [0, 0.05) is 352 Å². The molecule has 8 radical (unpaired) electrons. The van der Waals surface area contributed by atoms with E-state index in [1.807, 2.05) is 0 Å². The van der Waals surface area contributed by atoms with Crippen LogP contribution in [0.3, 0.4) is 0 Å². The summed E-state index contributed by atoms with van der Waals surface area (Å²) in [7, 11) is 0. The summed E-state index contributed by atoms with van der Waals surface area (Å²) in [5.41, 5.74) is 0. The first-order valence-electron chi connectivity index (χ1n) is 7.08. The van der Waals surface area contributed by atoms with Gasteiger partial charge in [0.05, 0.1) is 13.2 Å². The molecule has 0 amide bonds. The second-order valence-electron chi connectivity index (χ2n) is 5.53. The minimum absolute atomic E-state index is 0. The summed E-state index contributed by atoms with van der Waals surface area (Å²) in [4.78, 5) is 0. The molecule has 0 aliphatic carbocycles. The molecule has 0 aromatic rings. The van der Waals surface area contributed by atoms with Gasteiger partial charge in [0.25, 0.3) is 0 Å². The average molecular weight is 2160 g/mol. The van der Waals surface area contributed by atoms with Crippen LogP contribution in [0.1, 0.15) is 0 Å². The second-order valence-corrected chi connectivity index (χ2v) is 5.53. The number of aliphatic hydroxyl groups is 8. The van der Waals surface area contributed by atoms with E-state index in [0.29, 0.717) is 0 Å².